The third kappa shape index (κ3) is 5.67. The molecule has 3 aromatic rings. The van der Waals surface area contributed by atoms with Gasteiger partial charge in [0.05, 0.1) is 23.8 Å². The summed E-state index contributed by atoms with van der Waals surface area (Å²) >= 11 is 0. The number of amides is 2. The summed E-state index contributed by atoms with van der Waals surface area (Å²) < 4.78 is 7.71. The van der Waals surface area contributed by atoms with Crippen LogP contribution in [0.2, 0.25) is 0 Å². The van der Waals surface area contributed by atoms with Crippen molar-refractivity contribution in [1.82, 2.24) is 14.8 Å². The highest BCUT2D eigenvalue weighted by Crippen LogP contribution is 2.27. The first kappa shape index (κ1) is 23.0. The predicted octanol–water partition coefficient (Wildman–Crippen LogP) is 4.74. The molecule has 35 heavy (non-hydrogen) atoms. The van der Waals surface area contributed by atoms with Crippen LogP contribution in [-0.2, 0) is 7.05 Å². The summed E-state index contributed by atoms with van der Waals surface area (Å²) in [7, 11) is 4.07. The van der Waals surface area contributed by atoms with Crippen molar-refractivity contribution in [2.24, 2.45) is 7.05 Å². The Labute approximate surface area is 207 Å². The molecule has 1 atom stereocenters. The van der Waals surface area contributed by atoms with Crippen LogP contribution < -0.4 is 25.2 Å². The molecule has 1 aliphatic heterocycles. The van der Waals surface area contributed by atoms with Crippen molar-refractivity contribution in [3.8, 4) is 5.88 Å². The summed E-state index contributed by atoms with van der Waals surface area (Å²) in [6.45, 7) is 1.95. The summed E-state index contributed by atoms with van der Waals surface area (Å²) in [6.07, 6.45) is 11.5. The lowest BCUT2D eigenvalue weighted by Gasteiger charge is -2.26. The molecule has 9 nitrogen and oxygen atoms in total. The van der Waals surface area contributed by atoms with Crippen molar-refractivity contribution in [2.45, 2.75) is 44.2 Å². The van der Waals surface area contributed by atoms with Gasteiger partial charge in [-0.2, -0.15) is 5.10 Å². The van der Waals surface area contributed by atoms with E-state index in [1.54, 1.807) is 12.3 Å². The van der Waals surface area contributed by atoms with E-state index < -0.39 is 0 Å². The zero-order valence-electron chi connectivity index (χ0n) is 20.4. The van der Waals surface area contributed by atoms with Gasteiger partial charge in [-0.25, -0.2) is 9.78 Å². The number of ether oxygens (including phenoxy) is 1. The van der Waals surface area contributed by atoms with Crippen LogP contribution in [0.4, 0.5) is 27.5 Å². The molecule has 2 aliphatic rings. The summed E-state index contributed by atoms with van der Waals surface area (Å²) in [5.74, 6) is 0.606. The van der Waals surface area contributed by atoms with Crippen molar-refractivity contribution in [3.05, 3.63) is 55.0 Å². The molecule has 186 valence electrons. The Bertz CT molecular complexity index is 1130. The molecule has 2 fully saturated rings. The average Bonchev–Trinajstić information content (AvgIpc) is 3.63. The van der Waals surface area contributed by atoms with Gasteiger partial charge >= 0.3 is 6.03 Å². The van der Waals surface area contributed by atoms with Crippen LogP contribution in [0.3, 0.4) is 0 Å². The molecule has 0 radical (unpaired) electrons. The number of likely N-dealkylation sites (N-methyl/N-ethyl adjacent to an activating group) is 1. The highest BCUT2D eigenvalue weighted by Gasteiger charge is 2.26. The van der Waals surface area contributed by atoms with Crippen molar-refractivity contribution >= 4 is 28.8 Å². The van der Waals surface area contributed by atoms with E-state index in [9.17, 15) is 4.79 Å². The Morgan fingerprint density at radius 1 is 1.06 bits per heavy atom. The number of benzene rings is 1. The number of pyridine rings is 1. The minimum atomic E-state index is -0.302. The number of hydrogen-bond acceptors (Lipinski definition) is 6. The molecule has 2 N–H and O–H groups in total. The van der Waals surface area contributed by atoms with Gasteiger partial charge in [0.25, 0.3) is 0 Å². The first-order valence-corrected chi connectivity index (χ1v) is 12.3. The molecule has 1 saturated heterocycles. The van der Waals surface area contributed by atoms with Gasteiger partial charge in [-0.1, -0.05) is 0 Å². The number of nitrogens with zero attached hydrogens (tertiary/aromatic N) is 5. The van der Waals surface area contributed by atoms with Crippen molar-refractivity contribution in [1.29, 1.82) is 0 Å². The molecule has 1 unspecified atom stereocenters. The lowest BCUT2D eigenvalue weighted by Crippen LogP contribution is -2.34. The minimum Gasteiger partial charge on any atom is -0.474 e. The van der Waals surface area contributed by atoms with Gasteiger partial charge in [0.1, 0.15) is 6.10 Å². The maximum atomic E-state index is 12.4. The number of nitrogens with one attached hydrogen (secondary N) is 2. The van der Waals surface area contributed by atoms with E-state index in [1.807, 2.05) is 42.3 Å². The van der Waals surface area contributed by atoms with Crippen LogP contribution in [0.1, 0.15) is 33.5 Å². The lowest BCUT2D eigenvalue weighted by molar-refractivity contribution is 0.201. The molecular weight excluding hydrogens is 442 g/mol. The molecule has 1 aliphatic carbocycles. The number of urea groups is 1. The maximum absolute atomic E-state index is 12.4. The van der Waals surface area contributed by atoms with Gasteiger partial charge in [0.2, 0.25) is 5.88 Å². The van der Waals surface area contributed by atoms with Crippen LogP contribution in [0, 0.1) is 0 Å². The lowest BCUT2D eigenvalue weighted by atomic mass is 10.2. The molecular formula is C26H35N7O2. The highest BCUT2D eigenvalue weighted by molar-refractivity contribution is 5.99. The second kappa shape index (κ2) is 10.2. The number of aromatic nitrogens is 3. The Kier molecular flexibility index (Phi) is 6.74. The molecule has 2 amide bonds. The van der Waals surface area contributed by atoms with Crippen LogP contribution in [0.5, 0.6) is 5.88 Å². The van der Waals surface area contributed by atoms with Gasteiger partial charge in [0.15, 0.2) is 0 Å². The topological polar surface area (TPSA) is 87.6 Å². The monoisotopic (exact) mass is 477 g/mol. The normalized spacial score (nSPS) is 18.0. The standard InChI is InChI=1S/C26H33N7O2.H2/c1-31-17-23(16-28-31)32(2)22-13-14-33(18-22)21-10-7-19(8-11-21)29-26(34)30-20-9-12-25(27-15-20)35-24-5-3-4-6-24;/h7-12,15-17,22,24H,3-6,13-14,18H2,1-2H3,(H2,29,30,34);1H. The number of anilines is 4. The van der Waals surface area contributed by atoms with Gasteiger partial charge in [-0.05, 0) is 62.4 Å². The fraction of sp³-hybridized carbons (Fsp3) is 0.423. The molecule has 0 bridgehead atoms. The van der Waals surface area contributed by atoms with E-state index in [4.69, 9.17) is 4.74 Å². The first-order valence-electron chi connectivity index (χ1n) is 12.3. The molecule has 1 aromatic carbocycles. The van der Waals surface area contributed by atoms with E-state index in [0.29, 0.717) is 17.6 Å². The fourth-order valence-corrected chi connectivity index (χ4v) is 4.84. The summed E-state index contributed by atoms with van der Waals surface area (Å²) in [6, 6.07) is 11.7. The van der Waals surface area contributed by atoms with E-state index >= 15 is 0 Å². The highest BCUT2D eigenvalue weighted by atomic mass is 16.5. The van der Waals surface area contributed by atoms with Gasteiger partial charge in [0, 0.05) is 58.3 Å². The number of carbonyl (C=O) groups excluding carboxylic acids is 1. The Morgan fingerprint density at radius 3 is 2.49 bits per heavy atom. The number of rotatable bonds is 7. The number of hydrogen-bond donors (Lipinski definition) is 2. The Morgan fingerprint density at radius 2 is 1.80 bits per heavy atom. The number of carbonyl (C=O) groups is 1. The average molecular weight is 478 g/mol. The van der Waals surface area contributed by atoms with Crippen LogP contribution in [0.15, 0.2) is 55.0 Å². The molecule has 3 heterocycles. The van der Waals surface area contributed by atoms with Gasteiger partial charge < -0.3 is 25.2 Å². The molecule has 2 aromatic heterocycles. The van der Waals surface area contributed by atoms with Crippen LogP contribution in [-0.4, -0.2) is 53.1 Å². The van der Waals surface area contributed by atoms with Crippen molar-refractivity contribution in [2.75, 3.05) is 40.6 Å². The van der Waals surface area contributed by atoms with E-state index in [-0.39, 0.29) is 13.6 Å². The quantitative estimate of drug-likeness (QED) is 0.511. The zero-order chi connectivity index (χ0) is 24.2. The second-order valence-electron chi connectivity index (χ2n) is 9.41. The Hall–Kier alpha value is -3.75. The molecule has 9 heteroatoms. The third-order valence-corrected chi connectivity index (χ3v) is 6.88. The smallest absolute Gasteiger partial charge is 0.323 e. The molecule has 0 spiro atoms. The van der Waals surface area contributed by atoms with Crippen molar-refractivity contribution in [3.63, 3.8) is 0 Å². The van der Waals surface area contributed by atoms with E-state index in [2.05, 4.69) is 49.7 Å². The number of aryl methyl sites for hydroxylation is 1. The second-order valence-corrected chi connectivity index (χ2v) is 9.41. The SMILES string of the molecule is CN(c1cnn(C)c1)C1CCN(c2ccc(NC(=O)Nc3ccc(OC4CCCC4)nc3)cc2)C1.[HH]. The van der Waals surface area contributed by atoms with Gasteiger partial charge in [-0.15, -0.1) is 0 Å². The van der Waals surface area contributed by atoms with Gasteiger partial charge in [-0.3, -0.25) is 4.68 Å². The van der Waals surface area contributed by atoms with E-state index in [0.717, 1.165) is 49.4 Å². The summed E-state index contributed by atoms with van der Waals surface area (Å²) in [4.78, 5) is 21.4. The zero-order valence-corrected chi connectivity index (χ0v) is 20.4. The van der Waals surface area contributed by atoms with Crippen LogP contribution in [0.25, 0.3) is 0 Å². The first-order chi connectivity index (χ1) is 17.0. The Balaban J connectivity index is 0.00000304. The maximum Gasteiger partial charge on any atom is 0.323 e. The van der Waals surface area contributed by atoms with Crippen LogP contribution >= 0.6 is 0 Å². The minimum absolute atomic E-state index is 0. The largest absolute Gasteiger partial charge is 0.474 e. The van der Waals surface area contributed by atoms with Crippen molar-refractivity contribution < 1.29 is 11.0 Å². The summed E-state index contributed by atoms with van der Waals surface area (Å²) in [5.41, 5.74) is 3.65. The fourth-order valence-electron chi connectivity index (χ4n) is 4.84. The molecule has 1 saturated carbocycles. The third-order valence-electron chi connectivity index (χ3n) is 6.88. The van der Waals surface area contributed by atoms with E-state index in [1.165, 1.54) is 12.8 Å². The summed E-state index contributed by atoms with van der Waals surface area (Å²) in [5, 5.41) is 9.99. The predicted molar refractivity (Wildman–Crippen MR) is 141 cm³/mol. The molecule has 5 rings (SSSR count).